The van der Waals surface area contributed by atoms with Gasteiger partial charge in [-0.2, -0.15) is 0 Å². The van der Waals surface area contributed by atoms with Gasteiger partial charge in [-0.15, -0.1) is 23.7 Å². The molecule has 124 valence electrons. The molecule has 22 heavy (non-hydrogen) atoms. The van der Waals surface area contributed by atoms with Gasteiger partial charge in [0, 0.05) is 30.1 Å². The maximum Gasteiger partial charge on any atom is 0.263 e. The molecule has 2 aliphatic rings. The van der Waals surface area contributed by atoms with Gasteiger partial charge >= 0.3 is 0 Å². The van der Waals surface area contributed by atoms with Crippen molar-refractivity contribution in [1.82, 2.24) is 10.2 Å². The molecule has 0 aliphatic carbocycles. The highest BCUT2D eigenvalue weighted by molar-refractivity contribution is 7.14. The Morgan fingerprint density at radius 3 is 2.59 bits per heavy atom. The summed E-state index contributed by atoms with van der Waals surface area (Å²) in [6, 6.07) is 3.79. The van der Waals surface area contributed by atoms with Gasteiger partial charge in [0.15, 0.2) is 0 Å². The van der Waals surface area contributed by atoms with Crippen LogP contribution in [0.4, 0.5) is 0 Å². The van der Waals surface area contributed by atoms with Crippen molar-refractivity contribution >= 4 is 29.7 Å². The Morgan fingerprint density at radius 2 is 2.00 bits per heavy atom. The van der Waals surface area contributed by atoms with E-state index in [1.165, 1.54) is 23.3 Å². The topological polar surface area (TPSA) is 32.3 Å². The first-order valence-electron chi connectivity index (χ1n) is 8.21. The van der Waals surface area contributed by atoms with Gasteiger partial charge in [0.25, 0.3) is 5.91 Å². The molecule has 1 aromatic heterocycles. The minimum absolute atomic E-state index is 0. The lowest BCUT2D eigenvalue weighted by atomic mass is 9.98. The van der Waals surface area contributed by atoms with E-state index in [4.69, 9.17) is 0 Å². The van der Waals surface area contributed by atoms with Crippen molar-refractivity contribution in [3.63, 3.8) is 0 Å². The minimum atomic E-state index is 0. The van der Waals surface area contributed by atoms with Gasteiger partial charge in [0.1, 0.15) is 0 Å². The van der Waals surface area contributed by atoms with Gasteiger partial charge < -0.3 is 10.2 Å². The maximum absolute atomic E-state index is 12.8. The second kappa shape index (κ2) is 7.33. The van der Waals surface area contributed by atoms with Crippen molar-refractivity contribution in [2.24, 2.45) is 0 Å². The molecule has 2 unspecified atom stereocenters. The third kappa shape index (κ3) is 3.50. The lowest BCUT2D eigenvalue weighted by Gasteiger charge is -2.35. The molecule has 1 amide bonds. The normalized spacial score (nSPS) is 26.6. The Labute approximate surface area is 143 Å². The predicted octanol–water partition coefficient (Wildman–Crippen LogP) is 3.79. The Hall–Kier alpha value is -0.580. The molecule has 0 radical (unpaired) electrons. The van der Waals surface area contributed by atoms with Gasteiger partial charge in [-0.3, -0.25) is 4.79 Å². The third-order valence-electron chi connectivity index (χ3n) is 5.07. The van der Waals surface area contributed by atoms with Crippen LogP contribution in [0.3, 0.4) is 0 Å². The number of hydrogen-bond donors (Lipinski definition) is 1. The summed E-state index contributed by atoms with van der Waals surface area (Å²) in [4.78, 5) is 17.0. The van der Waals surface area contributed by atoms with Crippen LogP contribution in [-0.4, -0.2) is 36.0 Å². The largest absolute Gasteiger partial charge is 0.338 e. The van der Waals surface area contributed by atoms with Crippen molar-refractivity contribution < 1.29 is 4.79 Å². The van der Waals surface area contributed by atoms with E-state index in [0.717, 1.165) is 30.6 Å². The van der Waals surface area contributed by atoms with Crippen molar-refractivity contribution in [3.05, 3.63) is 21.4 Å². The van der Waals surface area contributed by atoms with Crippen LogP contribution in [-0.2, 0) is 6.42 Å². The van der Waals surface area contributed by atoms with Crippen LogP contribution in [0, 0.1) is 6.92 Å². The minimum Gasteiger partial charge on any atom is -0.338 e. The lowest BCUT2D eigenvalue weighted by molar-refractivity contribution is 0.0686. The van der Waals surface area contributed by atoms with Crippen LogP contribution in [0.2, 0.25) is 0 Å². The summed E-state index contributed by atoms with van der Waals surface area (Å²) in [6.45, 7) is 4.33. The Balaban J connectivity index is 0.00000176. The molecule has 3 heterocycles. The van der Waals surface area contributed by atoms with Crippen molar-refractivity contribution in [2.75, 3.05) is 7.05 Å². The standard InChI is InChI=1S/C17H26N2OS.ClH/c1-4-5-12-8-16(21-11(12)2)17(20)19(3)15-9-13-6-7-14(10-15)18-13;/h8,13-15,18H,4-7,9-10H2,1-3H3;1H. The van der Waals surface area contributed by atoms with E-state index < -0.39 is 0 Å². The highest BCUT2D eigenvalue weighted by Gasteiger charge is 2.36. The molecular formula is C17H27ClN2OS. The summed E-state index contributed by atoms with van der Waals surface area (Å²) in [5, 5.41) is 3.65. The number of nitrogens with one attached hydrogen (secondary N) is 1. The zero-order chi connectivity index (χ0) is 15.0. The summed E-state index contributed by atoms with van der Waals surface area (Å²) in [5.74, 6) is 0.219. The summed E-state index contributed by atoms with van der Waals surface area (Å²) in [7, 11) is 1.99. The van der Waals surface area contributed by atoms with E-state index in [9.17, 15) is 4.79 Å². The van der Waals surface area contributed by atoms with E-state index in [1.807, 2.05) is 11.9 Å². The van der Waals surface area contributed by atoms with Crippen molar-refractivity contribution in [1.29, 1.82) is 0 Å². The van der Waals surface area contributed by atoms with Gasteiger partial charge in [-0.1, -0.05) is 13.3 Å². The number of halogens is 1. The highest BCUT2D eigenvalue weighted by Crippen LogP contribution is 2.31. The van der Waals surface area contributed by atoms with Crippen LogP contribution in [0.1, 0.15) is 59.1 Å². The SMILES string of the molecule is CCCc1cc(C(=O)N(C)C2CC3CCC(C2)N3)sc1C.Cl. The van der Waals surface area contributed by atoms with E-state index in [2.05, 4.69) is 25.2 Å². The average Bonchev–Trinajstić information content (AvgIpc) is 3.01. The monoisotopic (exact) mass is 342 g/mol. The van der Waals surface area contributed by atoms with Crippen LogP contribution in [0.25, 0.3) is 0 Å². The number of carbonyl (C=O) groups is 1. The van der Waals surface area contributed by atoms with E-state index in [1.54, 1.807) is 11.3 Å². The second-order valence-corrected chi connectivity index (χ2v) is 7.88. The number of hydrogen-bond acceptors (Lipinski definition) is 3. The summed E-state index contributed by atoms with van der Waals surface area (Å²) < 4.78 is 0. The van der Waals surface area contributed by atoms with Crippen LogP contribution < -0.4 is 5.32 Å². The highest BCUT2D eigenvalue weighted by atomic mass is 35.5. The Bertz CT molecular complexity index is 519. The molecule has 2 bridgehead atoms. The maximum atomic E-state index is 12.8. The molecule has 3 rings (SSSR count). The molecule has 2 fully saturated rings. The molecule has 0 spiro atoms. The molecule has 5 heteroatoms. The fourth-order valence-electron chi connectivity index (χ4n) is 3.83. The van der Waals surface area contributed by atoms with Crippen LogP contribution in [0.15, 0.2) is 6.07 Å². The average molecular weight is 343 g/mol. The molecule has 2 atom stereocenters. The van der Waals surface area contributed by atoms with E-state index >= 15 is 0 Å². The molecular weight excluding hydrogens is 316 g/mol. The molecule has 0 aromatic carbocycles. The number of piperidine rings is 1. The Morgan fingerprint density at radius 1 is 1.36 bits per heavy atom. The zero-order valence-corrected chi connectivity index (χ0v) is 15.4. The summed E-state index contributed by atoms with van der Waals surface area (Å²) >= 11 is 1.67. The molecule has 2 saturated heterocycles. The number of rotatable bonds is 4. The quantitative estimate of drug-likeness (QED) is 0.903. The van der Waals surface area contributed by atoms with Crippen molar-refractivity contribution in [2.45, 2.75) is 70.5 Å². The van der Waals surface area contributed by atoms with Crippen LogP contribution in [0.5, 0.6) is 0 Å². The number of fused-ring (bicyclic) bond motifs is 2. The van der Waals surface area contributed by atoms with Gasteiger partial charge in [-0.05, 0) is 50.7 Å². The van der Waals surface area contributed by atoms with Gasteiger partial charge in [0.05, 0.1) is 4.88 Å². The Kier molecular flexibility index (Phi) is 5.92. The first-order valence-corrected chi connectivity index (χ1v) is 9.02. The summed E-state index contributed by atoms with van der Waals surface area (Å²) in [6.07, 6.45) is 7.01. The fourth-order valence-corrected chi connectivity index (χ4v) is 4.88. The smallest absolute Gasteiger partial charge is 0.263 e. The van der Waals surface area contributed by atoms with E-state index in [0.29, 0.717) is 18.1 Å². The van der Waals surface area contributed by atoms with E-state index in [-0.39, 0.29) is 18.3 Å². The summed E-state index contributed by atoms with van der Waals surface area (Å²) in [5.41, 5.74) is 1.35. The molecule has 3 nitrogen and oxygen atoms in total. The molecule has 1 N–H and O–H groups in total. The first-order chi connectivity index (χ1) is 10.1. The number of carbonyl (C=O) groups excluding carboxylic acids is 1. The van der Waals surface area contributed by atoms with Gasteiger partial charge in [-0.25, -0.2) is 0 Å². The third-order valence-corrected chi connectivity index (χ3v) is 6.15. The predicted molar refractivity (Wildman–Crippen MR) is 95.4 cm³/mol. The number of aryl methyl sites for hydroxylation is 2. The molecule has 1 aromatic rings. The second-order valence-electron chi connectivity index (χ2n) is 6.62. The number of nitrogens with zero attached hydrogens (tertiary/aromatic N) is 1. The van der Waals surface area contributed by atoms with Gasteiger partial charge in [0.2, 0.25) is 0 Å². The number of amides is 1. The van der Waals surface area contributed by atoms with Crippen LogP contribution >= 0.6 is 23.7 Å². The fraction of sp³-hybridized carbons (Fsp3) is 0.706. The molecule has 0 saturated carbocycles. The number of thiophene rings is 1. The first kappa shape index (κ1) is 17.8. The zero-order valence-electron chi connectivity index (χ0n) is 13.7. The lowest BCUT2D eigenvalue weighted by Crippen LogP contribution is -2.48. The van der Waals surface area contributed by atoms with Crippen molar-refractivity contribution in [3.8, 4) is 0 Å². The molecule has 2 aliphatic heterocycles.